The van der Waals surface area contributed by atoms with Crippen LogP contribution in [0.15, 0.2) is 40.2 Å². The van der Waals surface area contributed by atoms with Crippen LogP contribution in [0.4, 0.5) is 18.9 Å². The number of hydrogen-bond acceptors (Lipinski definition) is 2. The van der Waals surface area contributed by atoms with E-state index in [0.717, 1.165) is 17.0 Å². The fraction of sp³-hybridized carbons (Fsp3) is 0.333. The van der Waals surface area contributed by atoms with E-state index in [9.17, 15) is 13.2 Å². The van der Waals surface area contributed by atoms with Gasteiger partial charge in [-0.2, -0.15) is 13.2 Å². The van der Waals surface area contributed by atoms with Gasteiger partial charge in [0, 0.05) is 15.0 Å². The van der Waals surface area contributed by atoms with E-state index >= 15 is 0 Å². The Bertz CT molecular complexity index is 593. The van der Waals surface area contributed by atoms with Crippen LogP contribution in [0.3, 0.4) is 0 Å². The van der Waals surface area contributed by atoms with Crippen molar-refractivity contribution in [2.24, 2.45) is 5.92 Å². The number of anilines is 1. The molecule has 6 heteroatoms. The maximum absolute atomic E-state index is 12.8. The maximum Gasteiger partial charge on any atom is 0.416 e. The molecule has 1 heterocycles. The number of rotatable bonds is 4. The van der Waals surface area contributed by atoms with Crippen LogP contribution >= 0.6 is 27.3 Å². The number of alkyl halides is 3. The Morgan fingerprint density at radius 1 is 1.19 bits per heavy atom. The van der Waals surface area contributed by atoms with E-state index in [0.29, 0.717) is 10.2 Å². The number of benzene rings is 1. The summed E-state index contributed by atoms with van der Waals surface area (Å²) in [5, 5.41) is 5.19. The average Bonchev–Trinajstić information content (AvgIpc) is 2.89. The molecule has 21 heavy (non-hydrogen) atoms. The van der Waals surface area contributed by atoms with Crippen LogP contribution in [0.2, 0.25) is 0 Å². The number of nitrogens with one attached hydrogen (secondary N) is 1. The molecule has 0 amide bonds. The minimum atomic E-state index is -4.34. The van der Waals surface area contributed by atoms with Crippen LogP contribution < -0.4 is 5.32 Å². The predicted molar refractivity (Wildman–Crippen MR) is 84.7 cm³/mol. The van der Waals surface area contributed by atoms with E-state index in [1.807, 2.05) is 31.4 Å². The largest absolute Gasteiger partial charge is 0.416 e. The van der Waals surface area contributed by atoms with Gasteiger partial charge >= 0.3 is 6.18 Å². The Hall–Kier alpha value is -1.01. The van der Waals surface area contributed by atoms with Crippen molar-refractivity contribution in [3.8, 4) is 0 Å². The van der Waals surface area contributed by atoms with Crippen LogP contribution in [0, 0.1) is 5.92 Å². The smallest absolute Gasteiger partial charge is 0.376 e. The van der Waals surface area contributed by atoms with E-state index in [-0.39, 0.29) is 12.0 Å². The zero-order valence-corrected chi connectivity index (χ0v) is 13.9. The molecule has 1 atom stereocenters. The molecule has 0 aliphatic carbocycles. The Labute approximate surface area is 134 Å². The van der Waals surface area contributed by atoms with Gasteiger partial charge in [0.05, 0.1) is 11.6 Å². The van der Waals surface area contributed by atoms with Gasteiger partial charge in [-0.15, -0.1) is 11.3 Å². The Balaban J connectivity index is 2.33. The third-order valence-corrected chi connectivity index (χ3v) is 4.77. The molecular formula is C15H15BrF3NS. The van der Waals surface area contributed by atoms with Gasteiger partial charge in [-0.05, 0) is 51.5 Å². The molecule has 1 unspecified atom stereocenters. The highest BCUT2D eigenvalue weighted by Gasteiger charge is 2.31. The van der Waals surface area contributed by atoms with Crippen LogP contribution in [-0.2, 0) is 6.18 Å². The van der Waals surface area contributed by atoms with E-state index in [1.54, 1.807) is 11.3 Å². The average molecular weight is 378 g/mol. The molecule has 1 aromatic heterocycles. The first-order valence-electron chi connectivity index (χ1n) is 6.45. The van der Waals surface area contributed by atoms with Crippen molar-refractivity contribution in [3.63, 3.8) is 0 Å². The standard InChI is InChI=1S/C15H15BrF3NS/c1-9(2)14(13-4-3-7-21-13)20-12-8-10(15(17,18)19)5-6-11(12)16/h3-9,14,20H,1-2H3. The Morgan fingerprint density at radius 2 is 1.90 bits per heavy atom. The summed E-state index contributed by atoms with van der Waals surface area (Å²) < 4.78 is 39.1. The van der Waals surface area contributed by atoms with Crippen molar-refractivity contribution in [1.82, 2.24) is 0 Å². The zero-order chi connectivity index (χ0) is 15.6. The second kappa shape index (κ2) is 6.40. The van der Waals surface area contributed by atoms with Gasteiger partial charge in [-0.25, -0.2) is 0 Å². The fourth-order valence-corrected chi connectivity index (χ4v) is 3.32. The second-order valence-electron chi connectivity index (χ2n) is 5.07. The molecule has 1 N–H and O–H groups in total. The van der Waals surface area contributed by atoms with Gasteiger partial charge in [0.1, 0.15) is 0 Å². The van der Waals surface area contributed by atoms with E-state index < -0.39 is 11.7 Å². The van der Waals surface area contributed by atoms with Crippen molar-refractivity contribution >= 4 is 33.0 Å². The van der Waals surface area contributed by atoms with Gasteiger partial charge in [0.25, 0.3) is 0 Å². The highest BCUT2D eigenvalue weighted by atomic mass is 79.9. The minimum Gasteiger partial charge on any atom is -0.376 e. The van der Waals surface area contributed by atoms with Gasteiger partial charge in [0.15, 0.2) is 0 Å². The molecule has 2 aromatic rings. The molecule has 0 bridgehead atoms. The Kier molecular flexibility index (Phi) is 4.99. The number of hydrogen-bond donors (Lipinski definition) is 1. The van der Waals surface area contributed by atoms with Crippen LogP contribution in [0.25, 0.3) is 0 Å². The molecule has 0 radical (unpaired) electrons. The molecule has 2 rings (SSSR count). The molecule has 114 valence electrons. The summed E-state index contributed by atoms with van der Waals surface area (Å²) in [7, 11) is 0. The second-order valence-corrected chi connectivity index (χ2v) is 6.91. The lowest BCUT2D eigenvalue weighted by atomic mass is 10.0. The molecule has 0 aliphatic rings. The zero-order valence-electron chi connectivity index (χ0n) is 11.5. The highest BCUT2D eigenvalue weighted by Crippen LogP contribution is 2.37. The first-order chi connectivity index (χ1) is 9.79. The third-order valence-electron chi connectivity index (χ3n) is 3.12. The molecule has 0 fully saturated rings. The summed E-state index contributed by atoms with van der Waals surface area (Å²) in [5.41, 5.74) is -0.196. The minimum absolute atomic E-state index is 0.0233. The van der Waals surface area contributed by atoms with Crippen LogP contribution in [0.1, 0.15) is 30.3 Å². The molecule has 0 aliphatic heterocycles. The monoisotopic (exact) mass is 377 g/mol. The molecular weight excluding hydrogens is 363 g/mol. The molecule has 0 saturated heterocycles. The summed E-state index contributed by atoms with van der Waals surface area (Å²) in [6, 6.07) is 7.56. The normalized spacial score (nSPS) is 13.5. The van der Waals surface area contributed by atoms with Crippen LogP contribution in [0.5, 0.6) is 0 Å². The summed E-state index contributed by atoms with van der Waals surface area (Å²) in [5.74, 6) is 0.255. The predicted octanol–water partition coefficient (Wildman–Crippen LogP) is 6.34. The van der Waals surface area contributed by atoms with Gasteiger partial charge < -0.3 is 5.32 Å². The molecule has 0 spiro atoms. The lowest BCUT2D eigenvalue weighted by Crippen LogP contribution is -2.16. The maximum atomic E-state index is 12.8. The van der Waals surface area contributed by atoms with Gasteiger partial charge in [-0.3, -0.25) is 0 Å². The lowest BCUT2D eigenvalue weighted by molar-refractivity contribution is -0.137. The summed E-state index contributed by atoms with van der Waals surface area (Å²) >= 11 is 4.91. The summed E-state index contributed by atoms with van der Waals surface area (Å²) in [6.45, 7) is 4.08. The summed E-state index contributed by atoms with van der Waals surface area (Å²) in [6.07, 6.45) is -4.34. The van der Waals surface area contributed by atoms with E-state index in [2.05, 4.69) is 21.2 Å². The van der Waals surface area contributed by atoms with Gasteiger partial charge in [-0.1, -0.05) is 19.9 Å². The topological polar surface area (TPSA) is 12.0 Å². The third kappa shape index (κ3) is 4.01. The van der Waals surface area contributed by atoms with Gasteiger partial charge in [0.2, 0.25) is 0 Å². The molecule has 1 nitrogen and oxygen atoms in total. The van der Waals surface area contributed by atoms with Crippen molar-refractivity contribution in [1.29, 1.82) is 0 Å². The van der Waals surface area contributed by atoms with E-state index in [1.165, 1.54) is 6.07 Å². The van der Waals surface area contributed by atoms with Crippen LogP contribution in [-0.4, -0.2) is 0 Å². The van der Waals surface area contributed by atoms with Crippen molar-refractivity contribution in [3.05, 3.63) is 50.6 Å². The first kappa shape index (κ1) is 16.4. The quantitative estimate of drug-likeness (QED) is 0.655. The lowest BCUT2D eigenvalue weighted by Gasteiger charge is -2.24. The van der Waals surface area contributed by atoms with E-state index in [4.69, 9.17) is 0 Å². The number of halogens is 4. The molecule has 1 aromatic carbocycles. The van der Waals surface area contributed by atoms with Crippen molar-refractivity contribution < 1.29 is 13.2 Å². The fourth-order valence-electron chi connectivity index (χ4n) is 2.01. The SMILES string of the molecule is CC(C)C(Nc1cc(C(F)(F)F)ccc1Br)c1cccs1. The van der Waals surface area contributed by atoms with Crippen molar-refractivity contribution in [2.75, 3.05) is 5.32 Å². The Morgan fingerprint density at radius 3 is 2.43 bits per heavy atom. The highest BCUT2D eigenvalue weighted by molar-refractivity contribution is 9.10. The first-order valence-corrected chi connectivity index (χ1v) is 8.13. The summed E-state index contributed by atoms with van der Waals surface area (Å²) in [4.78, 5) is 1.11. The van der Waals surface area contributed by atoms with Crippen molar-refractivity contribution in [2.45, 2.75) is 26.1 Å². The number of thiophene rings is 1. The molecule has 0 saturated carbocycles.